The molecule has 1 aliphatic heterocycles. The fourth-order valence-corrected chi connectivity index (χ4v) is 5.23. The zero-order valence-electron chi connectivity index (χ0n) is 19.6. The van der Waals surface area contributed by atoms with Crippen LogP contribution in [-0.2, 0) is 0 Å². The summed E-state index contributed by atoms with van der Waals surface area (Å²) in [5.41, 5.74) is 9.43. The van der Waals surface area contributed by atoms with Crippen LogP contribution in [-0.4, -0.2) is 53.0 Å². The maximum absolute atomic E-state index is 13.9. The minimum absolute atomic E-state index is 0.356. The monoisotopic (exact) mass is 501 g/mol. The largest absolute Gasteiger partial charge is 0.497 e. The van der Waals surface area contributed by atoms with Gasteiger partial charge in [0.25, 0.3) is 0 Å². The molecule has 182 valence electrons. The molecule has 6 rings (SSSR count). The highest BCUT2D eigenvalue weighted by molar-refractivity contribution is 7.13. The summed E-state index contributed by atoms with van der Waals surface area (Å²) in [5, 5.41) is 7.33. The molecular weight excluding hydrogens is 477 g/mol. The van der Waals surface area contributed by atoms with E-state index < -0.39 is 0 Å². The summed E-state index contributed by atoms with van der Waals surface area (Å²) in [6.07, 6.45) is 0. The molecule has 4 heterocycles. The van der Waals surface area contributed by atoms with Gasteiger partial charge >= 0.3 is 0 Å². The van der Waals surface area contributed by atoms with Crippen molar-refractivity contribution < 1.29 is 9.13 Å². The zero-order valence-corrected chi connectivity index (χ0v) is 20.5. The number of anilines is 3. The first-order chi connectivity index (χ1) is 17.6. The zero-order chi connectivity index (χ0) is 24.6. The first-order valence-corrected chi connectivity index (χ1v) is 12.5. The van der Waals surface area contributed by atoms with Crippen LogP contribution in [0.2, 0.25) is 0 Å². The van der Waals surface area contributed by atoms with Crippen LogP contribution in [0.4, 0.5) is 21.8 Å². The Morgan fingerprint density at radius 3 is 2.44 bits per heavy atom. The van der Waals surface area contributed by atoms with Crippen molar-refractivity contribution in [1.29, 1.82) is 0 Å². The maximum Gasteiger partial charge on any atom is 0.228 e. The number of fused-ring (bicyclic) bond motifs is 1. The number of benzene rings is 2. The van der Waals surface area contributed by atoms with E-state index in [1.54, 1.807) is 30.6 Å². The Labute approximate surface area is 211 Å². The van der Waals surface area contributed by atoms with Gasteiger partial charge in [0.15, 0.2) is 5.65 Å². The average molecular weight is 502 g/mol. The van der Waals surface area contributed by atoms with E-state index in [1.165, 1.54) is 16.8 Å². The van der Waals surface area contributed by atoms with Gasteiger partial charge in [0, 0.05) is 37.9 Å². The molecule has 36 heavy (non-hydrogen) atoms. The number of nitrogens with two attached hydrogens (primary N) is 1. The van der Waals surface area contributed by atoms with Gasteiger partial charge in [0.05, 0.1) is 28.8 Å². The highest BCUT2D eigenvalue weighted by atomic mass is 32.1. The molecule has 1 aliphatic rings. The van der Waals surface area contributed by atoms with E-state index in [0.717, 1.165) is 48.2 Å². The van der Waals surface area contributed by atoms with Gasteiger partial charge in [0.2, 0.25) is 5.95 Å². The third kappa shape index (κ3) is 3.99. The lowest BCUT2D eigenvalue weighted by Crippen LogP contribution is -2.47. The topological polar surface area (TPSA) is 85.3 Å². The highest BCUT2D eigenvalue weighted by Gasteiger charge is 2.24. The van der Waals surface area contributed by atoms with Crippen LogP contribution in [0, 0.1) is 5.82 Å². The van der Waals surface area contributed by atoms with E-state index in [1.807, 2.05) is 29.6 Å². The standard InChI is InChI=1S/C26H24FN7OS/c1-35-20-8-3-6-18(16-20)32-10-12-33(13-11-32)26-29-23(21-9-4-14-36-21)22-24(28)34(31-25(22)30-26)19-7-2-5-17(27)15-19/h2-9,14-16H,10-13,28H2,1H3. The number of ether oxygens (including phenoxy) is 1. The smallest absolute Gasteiger partial charge is 0.228 e. The second-order valence-electron chi connectivity index (χ2n) is 8.50. The Balaban J connectivity index is 1.37. The summed E-state index contributed by atoms with van der Waals surface area (Å²) in [7, 11) is 1.68. The van der Waals surface area contributed by atoms with E-state index in [-0.39, 0.29) is 5.82 Å². The van der Waals surface area contributed by atoms with E-state index in [0.29, 0.717) is 28.5 Å². The first kappa shape index (κ1) is 22.3. The van der Waals surface area contributed by atoms with E-state index >= 15 is 0 Å². The van der Waals surface area contributed by atoms with Crippen molar-refractivity contribution in [3.05, 3.63) is 71.9 Å². The van der Waals surface area contributed by atoms with Gasteiger partial charge in [-0.15, -0.1) is 16.4 Å². The first-order valence-electron chi connectivity index (χ1n) is 11.6. The Morgan fingerprint density at radius 2 is 1.69 bits per heavy atom. The van der Waals surface area contributed by atoms with Gasteiger partial charge in [-0.25, -0.2) is 14.1 Å². The van der Waals surface area contributed by atoms with Crippen LogP contribution >= 0.6 is 11.3 Å². The second-order valence-corrected chi connectivity index (χ2v) is 9.45. The van der Waals surface area contributed by atoms with Crippen LogP contribution in [0.25, 0.3) is 27.3 Å². The third-order valence-electron chi connectivity index (χ3n) is 6.35. The molecule has 8 nitrogen and oxygen atoms in total. The number of aromatic nitrogens is 4. The van der Waals surface area contributed by atoms with Crippen molar-refractivity contribution in [2.75, 3.05) is 48.8 Å². The molecule has 0 unspecified atom stereocenters. The molecule has 1 saturated heterocycles. The number of nitrogen functional groups attached to an aromatic ring is 1. The molecule has 0 saturated carbocycles. The van der Waals surface area contributed by atoms with Gasteiger partial charge in [-0.1, -0.05) is 18.2 Å². The molecule has 5 aromatic rings. The fourth-order valence-electron chi connectivity index (χ4n) is 4.51. The molecule has 0 spiro atoms. The summed E-state index contributed by atoms with van der Waals surface area (Å²) in [5.74, 6) is 1.48. The molecule has 0 bridgehead atoms. The Morgan fingerprint density at radius 1 is 0.917 bits per heavy atom. The van der Waals surface area contributed by atoms with Gasteiger partial charge in [0.1, 0.15) is 17.4 Å². The number of nitrogens with zero attached hydrogens (tertiary/aromatic N) is 6. The van der Waals surface area contributed by atoms with Crippen LogP contribution in [0.1, 0.15) is 0 Å². The number of hydrogen-bond acceptors (Lipinski definition) is 8. The Hall–Kier alpha value is -4.18. The van der Waals surface area contributed by atoms with Crippen molar-refractivity contribution in [3.8, 4) is 22.0 Å². The van der Waals surface area contributed by atoms with Gasteiger partial charge in [-0.2, -0.15) is 4.98 Å². The van der Waals surface area contributed by atoms with Gasteiger partial charge < -0.3 is 20.3 Å². The number of thiophene rings is 1. The molecule has 2 N–H and O–H groups in total. The minimum Gasteiger partial charge on any atom is -0.497 e. The van der Waals surface area contributed by atoms with Crippen LogP contribution in [0.5, 0.6) is 5.75 Å². The van der Waals surface area contributed by atoms with Crippen LogP contribution in [0.3, 0.4) is 0 Å². The number of hydrogen-bond donors (Lipinski definition) is 1. The molecule has 1 fully saturated rings. The molecule has 0 radical (unpaired) electrons. The lowest BCUT2D eigenvalue weighted by Gasteiger charge is -2.36. The molecule has 0 aliphatic carbocycles. The predicted octanol–water partition coefficient (Wildman–Crippen LogP) is 4.60. The van der Waals surface area contributed by atoms with Crippen molar-refractivity contribution >= 4 is 39.8 Å². The molecule has 0 atom stereocenters. The highest BCUT2D eigenvalue weighted by Crippen LogP contribution is 2.35. The number of piperazine rings is 1. The Bertz CT molecular complexity index is 1530. The van der Waals surface area contributed by atoms with Crippen molar-refractivity contribution in [3.63, 3.8) is 0 Å². The summed E-state index contributed by atoms with van der Waals surface area (Å²) in [6, 6.07) is 18.3. The van der Waals surface area contributed by atoms with E-state index in [2.05, 4.69) is 27.0 Å². The number of halogens is 1. The number of rotatable bonds is 5. The second kappa shape index (κ2) is 9.12. The van der Waals surface area contributed by atoms with Gasteiger partial charge in [-0.05, 0) is 41.8 Å². The van der Waals surface area contributed by atoms with Crippen LogP contribution in [0.15, 0.2) is 66.0 Å². The summed E-state index contributed by atoms with van der Waals surface area (Å²) < 4.78 is 20.8. The maximum atomic E-state index is 13.9. The number of methoxy groups -OCH3 is 1. The summed E-state index contributed by atoms with van der Waals surface area (Å²) in [4.78, 5) is 15.2. The van der Waals surface area contributed by atoms with Gasteiger partial charge in [-0.3, -0.25) is 0 Å². The summed E-state index contributed by atoms with van der Waals surface area (Å²) in [6.45, 7) is 3.16. The average Bonchev–Trinajstić information content (AvgIpc) is 3.57. The summed E-state index contributed by atoms with van der Waals surface area (Å²) >= 11 is 1.58. The van der Waals surface area contributed by atoms with Crippen molar-refractivity contribution in [2.45, 2.75) is 0 Å². The molecule has 0 amide bonds. The lowest BCUT2D eigenvalue weighted by molar-refractivity contribution is 0.414. The van der Waals surface area contributed by atoms with E-state index in [4.69, 9.17) is 20.4 Å². The minimum atomic E-state index is -0.356. The van der Waals surface area contributed by atoms with Crippen molar-refractivity contribution in [2.24, 2.45) is 0 Å². The third-order valence-corrected chi connectivity index (χ3v) is 7.22. The molecule has 10 heteroatoms. The molecule has 2 aromatic carbocycles. The normalized spacial score (nSPS) is 13.9. The lowest BCUT2D eigenvalue weighted by atomic mass is 10.2. The predicted molar refractivity (Wildman–Crippen MR) is 142 cm³/mol. The quantitative estimate of drug-likeness (QED) is 0.377. The SMILES string of the molecule is COc1cccc(N2CCN(c3nc(-c4cccs4)c4c(N)n(-c5cccc(F)c5)nc4n3)CC2)c1. The molecular formula is C26H24FN7OS. The molecule has 3 aromatic heterocycles. The van der Waals surface area contributed by atoms with E-state index in [9.17, 15) is 4.39 Å². The van der Waals surface area contributed by atoms with Crippen molar-refractivity contribution in [1.82, 2.24) is 19.7 Å². The fraction of sp³-hybridized carbons (Fsp3) is 0.192. The Kier molecular flexibility index (Phi) is 5.65. The van der Waals surface area contributed by atoms with Crippen LogP contribution < -0.4 is 20.3 Å².